The molecule has 32 heavy (non-hydrogen) atoms. The lowest BCUT2D eigenvalue weighted by atomic mass is 9.70. The predicted octanol–water partition coefficient (Wildman–Crippen LogP) is 2.58. The molecule has 3 aliphatic heterocycles. The van der Waals surface area contributed by atoms with E-state index in [-0.39, 0.29) is 34.8 Å². The van der Waals surface area contributed by atoms with E-state index >= 15 is 0 Å². The van der Waals surface area contributed by atoms with Crippen molar-refractivity contribution in [3.05, 3.63) is 46.5 Å². The molecular weight excluding hydrogens is 434 g/mol. The first-order valence-electron chi connectivity index (χ1n) is 11.1. The van der Waals surface area contributed by atoms with Crippen LogP contribution in [0.1, 0.15) is 32.1 Å². The minimum absolute atomic E-state index is 0.0695. The van der Waals surface area contributed by atoms with Gasteiger partial charge < -0.3 is 4.74 Å². The lowest BCUT2D eigenvalue weighted by molar-refractivity contribution is -0.385. The van der Waals surface area contributed by atoms with Gasteiger partial charge in [-0.3, -0.25) is 19.8 Å². The molecule has 9 nitrogen and oxygen atoms in total. The zero-order valence-electron chi connectivity index (χ0n) is 18.1. The van der Waals surface area contributed by atoms with Crippen LogP contribution in [0.3, 0.4) is 0 Å². The van der Waals surface area contributed by atoms with E-state index in [1.165, 1.54) is 29.6 Å². The van der Waals surface area contributed by atoms with Gasteiger partial charge in [0.05, 0.1) is 23.3 Å². The van der Waals surface area contributed by atoms with E-state index in [0.717, 1.165) is 44.8 Å². The SMILES string of the molecule is COC(=O)C/C=C\[C@@H]1[C@H]2CCCN3CCC[C@@H](CN1S(=O)(=O)c1cccc([N+](=O)[O-])c1)[C@@H]23. The second kappa shape index (κ2) is 9.29. The Labute approximate surface area is 188 Å². The Bertz CT molecular complexity index is 1010. The lowest BCUT2D eigenvalue weighted by Gasteiger charge is -2.56. The summed E-state index contributed by atoms with van der Waals surface area (Å²) in [6, 6.07) is 5.15. The highest BCUT2D eigenvalue weighted by Gasteiger charge is 2.51. The lowest BCUT2D eigenvalue weighted by Crippen LogP contribution is -2.65. The van der Waals surface area contributed by atoms with Gasteiger partial charge >= 0.3 is 5.97 Å². The number of carbonyl (C=O) groups is 1. The molecule has 0 aromatic heterocycles. The quantitative estimate of drug-likeness (QED) is 0.276. The van der Waals surface area contributed by atoms with Crippen LogP contribution >= 0.6 is 0 Å². The van der Waals surface area contributed by atoms with Crippen molar-refractivity contribution >= 4 is 21.7 Å². The average Bonchev–Trinajstić information content (AvgIpc) is 2.80. The Balaban J connectivity index is 1.72. The number of esters is 1. The standard InChI is InChI=1S/C22H29N3O6S/c1-31-21(26)11-3-10-20-19-9-5-13-23-12-4-6-16(22(19)23)15-24(20)32(29,30)18-8-2-7-17(14-18)25(27)28/h2-3,7-8,10,14,16,19-20,22H,4-6,9,11-13,15H2,1H3/b10-3-/t16-,19+,20+,22-/m0/s1. The Morgan fingerprint density at radius 3 is 2.75 bits per heavy atom. The molecule has 3 aliphatic rings. The van der Waals surface area contributed by atoms with Crippen molar-refractivity contribution in [2.45, 2.75) is 49.1 Å². The van der Waals surface area contributed by atoms with Crippen LogP contribution in [0.25, 0.3) is 0 Å². The molecular formula is C22H29N3O6S. The molecule has 0 amide bonds. The van der Waals surface area contributed by atoms with E-state index in [0.29, 0.717) is 12.6 Å². The molecule has 10 heteroatoms. The third-order valence-corrected chi connectivity index (χ3v) is 8.87. The van der Waals surface area contributed by atoms with Crippen molar-refractivity contribution in [3.8, 4) is 0 Å². The summed E-state index contributed by atoms with van der Waals surface area (Å²) in [6.45, 7) is 2.44. The van der Waals surface area contributed by atoms with Crippen LogP contribution < -0.4 is 0 Å². The maximum atomic E-state index is 13.7. The third kappa shape index (κ3) is 4.31. The van der Waals surface area contributed by atoms with Gasteiger partial charge in [0.2, 0.25) is 10.0 Å². The van der Waals surface area contributed by atoms with Crippen LogP contribution in [-0.2, 0) is 19.6 Å². The van der Waals surface area contributed by atoms with Crippen LogP contribution in [0.4, 0.5) is 5.69 Å². The van der Waals surface area contributed by atoms with Gasteiger partial charge in [-0.05, 0) is 56.7 Å². The van der Waals surface area contributed by atoms with Crippen LogP contribution in [0.5, 0.6) is 0 Å². The number of nitro groups is 1. The molecule has 3 heterocycles. The highest BCUT2D eigenvalue weighted by Crippen LogP contribution is 2.44. The molecule has 0 saturated carbocycles. The van der Waals surface area contributed by atoms with Gasteiger partial charge in [0, 0.05) is 30.8 Å². The molecule has 4 rings (SSSR count). The number of hydrogen-bond acceptors (Lipinski definition) is 7. The van der Waals surface area contributed by atoms with Crippen LogP contribution in [-0.4, -0.2) is 67.3 Å². The first kappa shape index (κ1) is 22.9. The second-order valence-corrected chi connectivity index (χ2v) is 10.7. The second-order valence-electron chi connectivity index (χ2n) is 8.76. The van der Waals surface area contributed by atoms with Gasteiger partial charge in [0.15, 0.2) is 0 Å². The number of nitro benzene ring substituents is 1. The molecule has 3 fully saturated rings. The van der Waals surface area contributed by atoms with Crippen LogP contribution in [0.2, 0.25) is 0 Å². The summed E-state index contributed by atoms with van der Waals surface area (Å²) in [7, 11) is -2.65. The molecule has 174 valence electrons. The molecule has 0 spiro atoms. The largest absolute Gasteiger partial charge is 0.469 e. The summed E-state index contributed by atoms with van der Waals surface area (Å²) in [5.74, 6) is -0.0380. The predicted molar refractivity (Wildman–Crippen MR) is 117 cm³/mol. The number of carbonyl (C=O) groups excluding carboxylic acids is 1. The van der Waals surface area contributed by atoms with E-state index < -0.39 is 21.0 Å². The molecule has 0 radical (unpaired) electrons. The maximum absolute atomic E-state index is 13.7. The topological polar surface area (TPSA) is 110 Å². The zero-order valence-corrected chi connectivity index (χ0v) is 18.9. The van der Waals surface area contributed by atoms with E-state index in [1.54, 1.807) is 6.08 Å². The number of nitrogens with zero attached hydrogens (tertiary/aromatic N) is 3. The number of rotatable bonds is 6. The fraction of sp³-hybridized carbons (Fsp3) is 0.591. The summed E-state index contributed by atoms with van der Waals surface area (Å²) >= 11 is 0. The number of sulfonamides is 1. The van der Waals surface area contributed by atoms with E-state index in [4.69, 9.17) is 4.74 Å². The fourth-order valence-electron chi connectivity index (χ4n) is 5.67. The summed E-state index contributed by atoms with van der Waals surface area (Å²) < 4.78 is 33.7. The zero-order chi connectivity index (χ0) is 22.9. The van der Waals surface area contributed by atoms with Crippen molar-refractivity contribution < 1.29 is 22.9 Å². The van der Waals surface area contributed by atoms with E-state index in [2.05, 4.69) is 4.90 Å². The Morgan fingerprint density at radius 1 is 1.28 bits per heavy atom. The first-order valence-corrected chi connectivity index (χ1v) is 12.5. The van der Waals surface area contributed by atoms with Crippen molar-refractivity contribution in [3.63, 3.8) is 0 Å². The Hall–Kier alpha value is -2.30. The highest BCUT2D eigenvalue weighted by atomic mass is 32.2. The molecule has 4 atom stereocenters. The summed E-state index contributed by atoms with van der Waals surface area (Å²) in [6.07, 6.45) is 7.51. The Morgan fingerprint density at radius 2 is 2.03 bits per heavy atom. The van der Waals surface area contributed by atoms with Gasteiger partial charge in [0.1, 0.15) is 0 Å². The van der Waals surface area contributed by atoms with E-state index in [9.17, 15) is 23.3 Å². The van der Waals surface area contributed by atoms with Gasteiger partial charge in [-0.1, -0.05) is 18.2 Å². The smallest absolute Gasteiger partial charge is 0.309 e. The minimum atomic E-state index is -3.97. The monoisotopic (exact) mass is 463 g/mol. The number of piperidine rings is 3. The van der Waals surface area contributed by atoms with Crippen molar-refractivity contribution in [1.29, 1.82) is 0 Å². The molecule has 0 bridgehead atoms. The minimum Gasteiger partial charge on any atom is -0.469 e. The van der Waals surface area contributed by atoms with Crippen molar-refractivity contribution in [2.24, 2.45) is 11.8 Å². The maximum Gasteiger partial charge on any atom is 0.309 e. The summed E-state index contributed by atoms with van der Waals surface area (Å²) in [5, 5.41) is 11.2. The normalized spacial score (nSPS) is 28.9. The summed E-state index contributed by atoms with van der Waals surface area (Å²) in [5.41, 5.74) is -0.250. The molecule has 1 aromatic carbocycles. The molecule has 0 N–H and O–H groups in total. The molecule has 0 aliphatic carbocycles. The van der Waals surface area contributed by atoms with Gasteiger partial charge in [-0.15, -0.1) is 0 Å². The van der Waals surface area contributed by atoms with Gasteiger partial charge in [0.25, 0.3) is 5.69 Å². The average molecular weight is 464 g/mol. The van der Waals surface area contributed by atoms with Crippen LogP contribution in [0.15, 0.2) is 41.3 Å². The molecule has 3 saturated heterocycles. The molecule has 0 unspecified atom stereocenters. The van der Waals surface area contributed by atoms with Crippen LogP contribution in [0, 0.1) is 22.0 Å². The number of non-ortho nitro benzene ring substituents is 1. The number of ether oxygens (including phenoxy) is 1. The van der Waals surface area contributed by atoms with E-state index in [1.807, 2.05) is 6.08 Å². The number of benzene rings is 1. The Kier molecular flexibility index (Phi) is 6.64. The number of methoxy groups -OCH3 is 1. The first-order chi connectivity index (χ1) is 15.3. The fourth-order valence-corrected chi connectivity index (χ4v) is 7.40. The van der Waals surface area contributed by atoms with Gasteiger partial charge in [-0.2, -0.15) is 4.31 Å². The van der Waals surface area contributed by atoms with Crippen molar-refractivity contribution in [2.75, 3.05) is 26.7 Å². The van der Waals surface area contributed by atoms with Crippen molar-refractivity contribution in [1.82, 2.24) is 9.21 Å². The summed E-state index contributed by atoms with van der Waals surface area (Å²) in [4.78, 5) is 24.7. The molecule has 1 aromatic rings. The van der Waals surface area contributed by atoms with Gasteiger partial charge in [-0.25, -0.2) is 8.42 Å². The highest BCUT2D eigenvalue weighted by molar-refractivity contribution is 7.89. The number of hydrogen-bond donors (Lipinski definition) is 0. The third-order valence-electron chi connectivity index (χ3n) is 7.01.